The Hall–Kier alpha value is -2.28. The van der Waals surface area contributed by atoms with Crippen molar-refractivity contribution >= 4 is 23.7 Å². The fourth-order valence-corrected chi connectivity index (χ4v) is 2.58. The molecule has 0 saturated carbocycles. The van der Waals surface area contributed by atoms with Crippen molar-refractivity contribution in [1.29, 1.82) is 0 Å². The lowest BCUT2D eigenvalue weighted by Gasteiger charge is -2.21. The molecule has 11 N–H and O–H groups in total. The maximum atomic E-state index is 12.5. The number of carbonyl (C=O) groups is 4. The molecule has 0 aliphatic heterocycles. The van der Waals surface area contributed by atoms with Crippen LogP contribution in [0.15, 0.2) is 0 Å². The summed E-state index contributed by atoms with van der Waals surface area (Å²) in [6, 6.07) is -3.20. The van der Waals surface area contributed by atoms with Gasteiger partial charge in [-0.1, -0.05) is 6.42 Å². The van der Waals surface area contributed by atoms with Crippen LogP contribution in [0.25, 0.3) is 0 Å². The summed E-state index contributed by atoms with van der Waals surface area (Å²) in [4.78, 5) is 47.6. The summed E-state index contributed by atoms with van der Waals surface area (Å²) < 4.78 is 0. The van der Waals surface area contributed by atoms with Gasteiger partial charge in [-0.2, -0.15) is 0 Å². The van der Waals surface area contributed by atoms with E-state index in [1.807, 2.05) is 0 Å². The Morgan fingerprint density at radius 3 is 1.97 bits per heavy atom. The number of aliphatic hydroxyl groups is 1. The van der Waals surface area contributed by atoms with E-state index in [0.717, 1.165) is 6.42 Å². The molecule has 4 atom stereocenters. The van der Waals surface area contributed by atoms with Gasteiger partial charge in [-0.05, 0) is 52.1 Å². The Bertz CT molecular complexity index is 559. The van der Waals surface area contributed by atoms with Gasteiger partial charge in [-0.15, -0.1) is 0 Å². The number of hydrogen-bond acceptors (Lipinski definition) is 8. The molecule has 0 aromatic carbocycles. The molecule has 4 unspecified atom stereocenters. The van der Waals surface area contributed by atoms with E-state index in [1.165, 1.54) is 6.92 Å². The van der Waals surface area contributed by atoms with Gasteiger partial charge in [0.1, 0.15) is 6.04 Å². The minimum Gasteiger partial charge on any atom is -0.480 e. The molecule has 0 rings (SSSR count). The maximum Gasteiger partial charge on any atom is 0.328 e. The predicted molar refractivity (Wildman–Crippen MR) is 110 cm³/mol. The van der Waals surface area contributed by atoms with Crippen LogP contribution < -0.4 is 33.2 Å². The van der Waals surface area contributed by atoms with Crippen LogP contribution in [-0.4, -0.2) is 77.8 Å². The van der Waals surface area contributed by atoms with Crippen molar-refractivity contribution < 1.29 is 29.4 Å². The standard InChI is InChI=1S/C18H36N6O6/c1-11(25)15(18(29)30)24-14(26)10-22-17(28)13(7-3-5-9-20)23-16(27)12(21)6-2-4-8-19/h11-13,15,25H,2-10,19-21H2,1H3,(H,22,28)(H,23,27)(H,24,26)(H,29,30). The Labute approximate surface area is 176 Å². The fraction of sp³-hybridized carbons (Fsp3) is 0.778. The van der Waals surface area contributed by atoms with E-state index in [4.69, 9.17) is 22.3 Å². The van der Waals surface area contributed by atoms with Crippen LogP contribution in [0.4, 0.5) is 0 Å². The topological polar surface area (TPSA) is 223 Å². The molecular formula is C18H36N6O6. The molecule has 3 amide bonds. The summed E-state index contributed by atoms with van der Waals surface area (Å²) in [7, 11) is 0. The Morgan fingerprint density at radius 1 is 0.900 bits per heavy atom. The number of aliphatic hydroxyl groups excluding tert-OH is 1. The summed E-state index contributed by atoms with van der Waals surface area (Å²) in [5, 5.41) is 25.4. The first-order chi connectivity index (χ1) is 14.1. The zero-order valence-corrected chi connectivity index (χ0v) is 17.4. The molecular weight excluding hydrogens is 396 g/mol. The number of aliphatic carboxylic acids is 1. The van der Waals surface area contributed by atoms with Crippen molar-refractivity contribution in [2.75, 3.05) is 19.6 Å². The molecule has 174 valence electrons. The van der Waals surface area contributed by atoms with Gasteiger partial charge >= 0.3 is 5.97 Å². The minimum atomic E-state index is -1.50. The summed E-state index contributed by atoms with van der Waals surface area (Å²) in [6.07, 6.45) is 2.06. The number of carbonyl (C=O) groups excluding carboxylic acids is 3. The lowest BCUT2D eigenvalue weighted by atomic mass is 10.1. The third-order valence-corrected chi connectivity index (χ3v) is 4.37. The van der Waals surface area contributed by atoms with Crippen LogP contribution in [-0.2, 0) is 19.2 Å². The average Bonchev–Trinajstić information content (AvgIpc) is 2.68. The summed E-state index contributed by atoms with van der Waals surface area (Å²) >= 11 is 0. The first-order valence-corrected chi connectivity index (χ1v) is 10.1. The van der Waals surface area contributed by atoms with Crippen molar-refractivity contribution in [3.05, 3.63) is 0 Å². The van der Waals surface area contributed by atoms with Crippen molar-refractivity contribution in [3.8, 4) is 0 Å². The maximum absolute atomic E-state index is 12.5. The first kappa shape index (κ1) is 27.7. The molecule has 0 fully saturated rings. The fourth-order valence-electron chi connectivity index (χ4n) is 2.58. The molecule has 0 saturated heterocycles. The monoisotopic (exact) mass is 432 g/mol. The summed E-state index contributed by atoms with van der Waals surface area (Å²) in [6.45, 7) is 1.64. The molecule has 30 heavy (non-hydrogen) atoms. The highest BCUT2D eigenvalue weighted by atomic mass is 16.4. The molecule has 0 radical (unpaired) electrons. The average molecular weight is 433 g/mol. The van der Waals surface area contributed by atoms with E-state index >= 15 is 0 Å². The minimum absolute atomic E-state index is 0.303. The second-order valence-electron chi connectivity index (χ2n) is 7.08. The van der Waals surface area contributed by atoms with E-state index < -0.39 is 54.5 Å². The Morgan fingerprint density at radius 2 is 1.47 bits per heavy atom. The van der Waals surface area contributed by atoms with Crippen LogP contribution in [0.3, 0.4) is 0 Å². The summed E-state index contributed by atoms with van der Waals surface area (Å²) in [5.74, 6) is -3.28. The molecule has 12 nitrogen and oxygen atoms in total. The molecule has 0 aliphatic carbocycles. The zero-order chi connectivity index (χ0) is 23.1. The third kappa shape index (κ3) is 11.7. The van der Waals surface area contributed by atoms with Crippen LogP contribution in [0.5, 0.6) is 0 Å². The largest absolute Gasteiger partial charge is 0.480 e. The normalized spacial score (nSPS) is 14.8. The molecule has 0 heterocycles. The second-order valence-corrected chi connectivity index (χ2v) is 7.08. The van der Waals surface area contributed by atoms with Crippen molar-refractivity contribution in [2.24, 2.45) is 17.2 Å². The van der Waals surface area contributed by atoms with Gasteiger partial charge in [0.05, 0.1) is 18.7 Å². The van der Waals surface area contributed by atoms with Crippen molar-refractivity contribution in [2.45, 2.75) is 69.7 Å². The van der Waals surface area contributed by atoms with Gasteiger partial charge in [-0.3, -0.25) is 14.4 Å². The number of carboxylic acids is 1. The highest BCUT2D eigenvalue weighted by Gasteiger charge is 2.26. The summed E-state index contributed by atoms with van der Waals surface area (Å²) in [5.41, 5.74) is 16.7. The van der Waals surface area contributed by atoms with E-state index in [2.05, 4.69) is 16.0 Å². The van der Waals surface area contributed by atoms with Crippen LogP contribution in [0, 0.1) is 0 Å². The Kier molecular flexibility index (Phi) is 14.4. The van der Waals surface area contributed by atoms with Gasteiger partial charge in [0.25, 0.3) is 0 Å². The van der Waals surface area contributed by atoms with E-state index in [-0.39, 0.29) is 0 Å². The molecule has 0 spiro atoms. The third-order valence-electron chi connectivity index (χ3n) is 4.37. The molecule has 0 aromatic rings. The lowest BCUT2D eigenvalue weighted by Crippen LogP contribution is -2.54. The van der Waals surface area contributed by atoms with Gasteiger partial charge in [0, 0.05) is 0 Å². The molecule has 0 aliphatic rings. The van der Waals surface area contributed by atoms with Crippen molar-refractivity contribution in [1.82, 2.24) is 16.0 Å². The predicted octanol–water partition coefficient (Wildman–Crippen LogP) is -2.88. The molecule has 0 bridgehead atoms. The second kappa shape index (κ2) is 15.5. The number of nitrogens with two attached hydrogens (primary N) is 3. The quantitative estimate of drug-likeness (QED) is 0.117. The van der Waals surface area contributed by atoms with Crippen LogP contribution in [0.2, 0.25) is 0 Å². The SMILES string of the molecule is CC(O)C(NC(=O)CNC(=O)C(CCCCN)NC(=O)C(N)CCCCN)C(=O)O. The number of unbranched alkanes of at least 4 members (excludes halogenated alkanes) is 2. The lowest BCUT2D eigenvalue weighted by molar-refractivity contribution is -0.144. The number of nitrogens with one attached hydrogen (secondary N) is 3. The van der Waals surface area contributed by atoms with Crippen LogP contribution >= 0.6 is 0 Å². The van der Waals surface area contributed by atoms with Gasteiger partial charge in [0.15, 0.2) is 6.04 Å². The molecule has 12 heteroatoms. The smallest absolute Gasteiger partial charge is 0.328 e. The number of hydrogen-bond donors (Lipinski definition) is 8. The van der Waals surface area contributed by atoms with Crippen molar-refractivity contribution in [3.63, 3.8) is 0 Å². The first-order valence-electron chi connectivity index (χ1n) is 10.1. The number of amides is 3. The highest BCUT2D eigenvalue weighted by molar-refractivity contribution is 5.92. The van der Waals surface area contributed by atoms with Gasteiger partial charge < -0.3 is 43.4 Å². The highest BCUT2D eigenvalue weighted by Crippen LogP contribution is 2.04. The number of carboxylic acid groups (broad SMARTS) is 1. The van der Waals surface area contributed by atoms with E-state index in [1.54, 1.807) is 0 Å². The van der Waals surface area contributed by atoms with E-state index in [9.17, 15) is 24.3 Å². The van der Waals surface area contributed by atoms with E-state index in [0.29, 0.717) is 45.2 Å². The van der Waals surface area contributed by atoms with Gasteiger partial charge in [-0.25, -0.2) is 4.79 Å². The van der Waals surface area contributed by atoms with Crippen LogP contribution in [0.1, 0.15) is 45.4 Å². The van der Waals surface area contributed by atoms with Gasteiger partial charge in [0.2, 0.25) is 17.7 Å². The zero-order valence-electron chi connectivity index (χ0n) is 17.4. The number of rotatable bonds is 16. The Balaban J connectivity index is 4.79. The molecule has 0 aromatic heterocycles.